The zero-order valence-corrected chi connectivity index (χ0v) is 15.5. The fraction of sp³-hybridized carbons (Fsp3) is 0.318. The number of esters is 1. The zero-order chi connectivity index (χ0) is 18.1. The molecule has 134 valence electrons. The van der Waals surface area contributed by atoms with Crippen molar-refractivity contribution in [1.82, 2.24) is 0 Å². The number of ether oxygens (including phenoxy) is 2. The van der Waals surface area contributed by atoms with E-state index in [4.69, 9.17) is 21.1 Å². The van der Waals surface area contributed by atoms with Crippen LogP contribution in [0.25, 0.3) is 5.57 Å². The van der Waals surface area contributed by atoms with E-state index in [0.29, 0.717) is 17.2 Å². The van der Waals surface area contributed by atoms with Crippen LogP contribution < -0.4 is 0 Å². The van der Waals surface area contributed by atoms with Gasteiger partial charge in [0.1, 0.15) is 0 Å². The van der Waals surface area contributed by atoms with Gasteiger partial charge in [-0.1, -0.05) is 67.4 Å². The third-order valence-corrected chi connectivity index (χ3v) is 5.44. The Kier molecular flexibility index (Phi) is 4.60. The Morgan fingerprint density at radius 3 is 2.54 bits per heavy atom. The summed E-state index contributed by atoms with van der Waals surface area (Å²) in [4.78, 5) is 12.9. The standard InChI is InChI=1S/C22H21ClO3/c1-2-6-19-20(16-9-11-17(23)12-10-16)21(24)26-22(19)18(13-14-25-22)15-7-4-3-5-8-15/h3-5,7-12,18H,2,6,13-14H2,1H3/t18-,22+/m1/s1. The van der Waals surface area contributed by atoms with Gasteiger partial charge >= 0.3 is 5.97 Å². The van der Waals surface area contributed by atoms with Gasteiger partial charge in [0.2, 0.25) is 5.79 Å². The predicted molar refractivity (Wildman–Crippen MR) is 102 cm³/mol. The second kappa shape index (κ2) is 6.90. The molecule has 2 aromatic rings. The van der Waals surface area contributed by atoms with Crippen LogP contribution in [0.4, 0.5) is 0 Å². The summed E-state index contributed by atoms with van der Waals surface area (Å²) in [6.45, 7) is 2.68. The molecule has 0 N–H and O–H groups in total. The fourth-order valence-corrected chi connectivity index (χ4v) is 4.22. The van der Waals surface area contributed by atoms with Gasteiger partial charge in [0, 0.05) is 10.6 Å². The van der Waals surface area contributed by atoms with E-state index in [1.165, 1.54) is 0 Å². The van der Waals surface area contributed by atoms with Crippen LogP contribution in [0, 0.1) is 0 Å². The molecule has 2 atom stereocenters. The van der Waals surface area contributed by atoms with E-state index in [-0.39, 0.29) is 11.9 Å². The van der Waals surface area contributed by atoms with E-state index < -0.39 is 5.79 Å². The van der Waals surface area contributed by atoms with Crippen LogP contribution in [-0.4, -0.2) is 18.4 Å². The Balaban J connectivity index is 1.85. The molecule has 26 heavy (non-hydrogen) atoms. The van der Waals surface area contributed by atoms with Crippen LogP contribution in [0.3, 0.4) is 0 Å². The minimum Gasteiger partial charge on any atom is -0.425 e. The first-order valence-electron chi connectivity index (χ1n) is 9.07. The molecule has 2 heterocycles. The van der Waals surface area contributed by atoms with Gasteiger partial charge in [-0.25, -0.2) is 4.79 Å². The highest BCUT2D eigenvalue weighted by atomic mass is 35.5. The van der Waals surface area contributed by atoms with E-state index in [0.717, 1.165) is 36.0 Å². The average Bonchev–Trinajstić information content (AvgIpc) is 3.19. The maximum Gasteiger partial charge on any atom is 0.341 e. The molecule has 0 amide bonds. The van der Waals surface area contributed by atoms with Gasteiger partial charge < -0.3 is 9.47 Å². The topological polar surface area (TPSA) is 35.5 Å². The summed E-state index contributed by atoms with van der Waals surface area (Å²) in [7, 11) is 0. The molecule has 2 aromatic carbocycles. The van der Waals surface area contributed by atoms with Gasteiger partial charge in [-0.05, 0) is 36.1 Å². The molecule has 4 rings (SSSR count). The Morgan fingerprint density at radius 1 is 1.12 bits per heavy atom. The first kappa shape index (κ1) is 17.3. The number of halogens is 1. The summed E-state index contributed by atoms with van der Waals surface area (Å²) < 4.78 is 12.1. The van der Waals surface area contributed by atoms with Crippen molar-refractivity contribution in [2.24, 2.45) is 0 Å². The number of rotatable bonds is 4. The Bertz CT molecular complexity index is 841. The first-order valence-corrected chi connectivity index (χ1v) is 9.45. The molecule has 1 fully saturated rings. The molecule has 0 bridgehead atoms. The van der Waals surface area contributed by atoms with Crippen LogP contribution >= 0.6 is 11.6 Å². The molecule has 0 unspecified atom stereocenters. The number of carbonyl (C=O) groups is 1. The lowest BCUT2D eigenvalue weighted by Crippen LogP contribution is -2.37. The number of hydrogen-bond donors (Lipinski definition) is 0. The molecular formula is C22H21ClO3. The molecule has 4 heteroatoms. The summed E-state index contributed by atoms with van der Waals surface area (Å²) in [5, 5.41) is 0.645. The minimum atomic E-state index is -0.983. The number of benzene rings is 2. The molecule has 2 aliphatic heterocycles. The minimum absolute atomic E-state index is 0.0130. The van der Waals surface area contributed by atoms with E-state index >= 15 is 0 Å². The summed E-state index contributed by atoms with van der Waals surface area (Å²) in [5.74, 6) is -1.28. The zero-order valence-electron chi connectivity index (χ0n) is 14.7. The lowest BCUT2D eigenvalue weighted by molar-refractivity contribution is -0.189. The van der Waals surface area contributed by atoms with Gasteiger partial charge in [0.25, 0.3) is 0 Å². The second-order valence-electron chi connectivity index (χ2n) is 6.77. The normalized spacial score (nSPS) is 25.2. The Labute approximate surface area is 158 Å². The third-order valence-electron chi connectivity index (χ3n) is 5.19. The van der Waals surface area contributed by atoms with Gasteiger partial charge in [0.05, 0.1) is 18.1 Å². The molecule has 0 aliphatic carbocycles. The Morgan fingerprint density at radius 2 is 1.85 bits per heavy atom. The predicted octanol–water partition coefficient (Wildman–Crippen LogP) is 5.35. The van der Waals surface area contributed by atoms with E-state index in [9.17, 15) is 4.79 Å². The van der Waals surface area contributed by atoms with Gasteiger partial charge in [-0.3, -0.25) is 0 Å². The summed E-state index contributed by atoms with van der Waals surface area (Å²) in [6, 6.07) is 17.5. The lowest BCUT2D eigenvalue weighted by Gasteiger charge is -2.31. The second-order valence-corrected chi connectivity index (χ2v) is 7.20. The van der Waals surface area contributed by atoms with Crippen molar-refractivity contribution in [1.29, 1.82) is 0 Å². The molecule has 0 saturated carbocycles. The molecule has 3 nitrogen and oxygen atoms in total. The van der Waals surface area contributed by atoms with Gasteiger partial charge in [0.15, 0.2) is 0 Å². The van der Waals surface area contributed by atoms with E-state index in [1.807, 2.05) is 30.3 Å². The maximum absolute atomic E-state index is 12.9. The van der Waals surface area contributed by atoms with E-state index in [1.54, 1.807) is 12.1 Å². The van der Waals surface area contributed by atoms with Crippen molar-refractivity contribution in [3.63, 3.8) is 0 Å². The summed E-state index contributed by atoms with van der Waals surface area (Å²) in [5.41, 5.74) is 3.57. The largest absolute Gasteiger partial charge is 0.425 e. The summed E-state index contributed by atoms with van der Waals surface area (Å²) in [6.07, 6.45) is 2.50. The number of hydrogen-bond acceptors (Lipinski definition) is 3. The highest BCUT2D eigenvalue weighted by Gasteiger charge is 2.57. The van der Waals surface area contributed by atoms with Crippen LogP contribution in [0.5, 0.6) is 0 Å². The van der Waals surface area contributed by atoms with Crippen molar-refractivity contribution >= 4 is 23.1 Å². The first-order chi connectivity index (χ1) is 12.7. The lowest BCUT2D eigenvalue weighted by atomic mass is 9.82. The van der Waals surface area contributed by atoms with Crippen molar-refractivity contribution in [2.45, 2.75) is 37.9 Å². The van der Waals surface area contributed by atoms with E-state index in [2.05, 4.69) is 19.1 Å². The molecule has 0 aromatic heterocycles. The van der Waals surface area contributed by atoms with Gasteiger partial charge in [-0.2, -0.15) is 0 Å². The quantitative estimate of drug-likeness (QED) is 0.682. The molecule has 0 radical (unpaired) electrons. The van der Waals surface area contributed by atoms with Crippen LogP contribution in [0.1, 0.15) is 43.2 Å². The highest BCUT2D eigenvalue weighted by molar-refractivity contribution is 6.30. The smallest absolute Gasteiger partial charge is 0.341 e. The van der Waals surface area contributed by atoms with Crippen LogP contribution in [0.15, 0.2) is 60.2 Å². The van der Waals surface area contributed by atoms with Gasteiger partial charge in [-0.15, -0.1) is 0 Å². The SMILES string of the molecule is CCCC1=C(c2ccc(Cl)cc2)C(=O)O[C@]12OCC[C@@H]2c1ccccc1. The van der Waals surface area contributed by atoms with Crippen LogP contribution in [-0.2, 0) is 14.3 Å². The average molecular weight is 369 g/mol. The van der Waals surface area contributed by atoms with Crippen molar-refractivity contribution in [2.75, 3.05) is 6.61 Å². The summed E-state index contributed by atoms with van der Waals surface area (Å²) >= 11 is 6.02. The van der Waals surface area contributed by atoms with Crippen molar-refractivity contribution in [3.05, 3.63) is 76.3 Å². The maximum atomic E-state index is 12.9. The van der Waals surface area contributed by atoms with Crippen LogP contribution in [0.2, 0.25) is 5.02 Å². The van der Waals surface area contributed by atoms with Crippen molar-refractivity contribution in [3.8, 4) is 0 Å². The van der Waals surface area contributed by atoms with Crippen molar-refractivity contribution < 1.29 is 14.3 Å². The molecule has 2 aliphatic rings. The number of carbonyl (C=O) groups excluding carboxylic acids is 1. The highest BCUT2D eigenvalue weighted by Crippen LogP contribution is 2.53. The molecule has 1 spiro atoms. The molecule has 1 saturated heterocycles. The Hall–Kier alpha value is -2.10. The fourth-order valence-electron chi connectivity index (χ4n) is 4.09. The monoisotopic (exact) mass is 368 g/mol. The third kappa shape index (κ3) is 2.76. The molecular weight excluding hydrogens is 348 g/mol.